The molecule has 102 valence electrons. The quantitative estimate of drug-likeness (QED) is 0.871. The Balaban J connectivity index is 1.57. The predicted molar refractivity (Wildman–Crippen MR) is 75.6 cm³/mol. The highest BCUT2D eigenvalue weighted by Gasteiger charge is 2.50. The zero-order chi connectivity index (χ0) is 13.6. The molecule has 0 radical (unpaired) electrons. The second-order valence-corrected chi connectivity index (χ2v) is 6.58. The van der Waals surface area contributed by atoms with E-state index in [1.165, 1.54) is 5.56 Å². The Kier molecular flexibility index (Phi) is 2.90. The molecule has 0 saturated heterocycles. The molecule has 1 amide bonds. The number of carbonyl (C=O) groups is 1. The highest BCUT2D eigenvalue weighted by atomic mass is 16.2. The van der Waals surface area contributed by atoms with E-state index in [9.17, 15) is 4.79 Å². The Labute approximate surface area is 114 Å². The summed E-state index contributed by atoms with van der Waals surface area (Å²) in [6.07, 6.45) is 1.89. The van der Waals surface area contributed by atoms with Gasteiger partial charge in [-0.05, 0) is 24.3 Å². The van der Waals surface area contributed by atoms with Gasteiger partial charge in [0.15, 0.2) is 0 Å². The van der Waals surface area contributed by atoms with Crippen LogP contribution in [0.3, 0.4) is 0 Å². The Morgan fingerprint density at radius 2 is 1.95 bits per heavy atom. The summed E-state index contributed by atoms with van der Waals surface area (Å²) in [5, 5.41) is 3.18. The smallest absolute Gasteiger partial charge is 0.223 e. The van der Waals surface area contributed by atoms with Crippen molar-refractivity contribution in [2.24, 2.45) is 17.1 Å². The van der Waals surface area contributed by atoms with E-state index < -0.39 is 0 Å². The Hall–Kier alpha value is -1.35. The third-order valence-corrected chi connectivity index (χ3v) is 5.01. The van der Waals surface area contributed by atoms with E-state index in [0.717, 1.165) is 12.8 Å². The highest BCUT2D eigenvalue weighted by Crippen LogP contribution is 2.48. The fraction of sp³-hybridized carbons (Fsp3) is 0.562. The molecule has 0 aromatic heterocycles. The maximum Gasteiger partial charge on any atom is 0.223 e. The molecule has 0 aliphatic heterocycles. The van der Waals surface area contributed by atoms with Gasteiger partial charge in [-0.1, -0.05) is 44.2 Å². The number of nitrogens with two attached hydrogens (primary N) is 1. The molecule has 3 N–H and O–H groups in total. The van der Waals surface area contributed by atoms with Crippen molar-refractivity contribution in [1.82, 2.24) is 5.32 Å². The average Bonchev–Trinajstić information content (AvgIpc) is 3.19. The van der Waals surface area contributed by atoms with E-state index in [0.29, 0.717) is 5.92 Å². The molecular formula is C16H22N2O. The van der Waals surface area contributed by atoms with E-state index >= 15 is 0 Å². The van der Waals surface area contributed by atoms with Gasteiger partial charge in [-0.2, -0.15) is 0 Å². The lowest BCUT2D eigenvalue weighted by molar-refractivity contribution is -0.125. The van der Waals surface area contributed by atoms with Crippen LogP contribution in [-0.2, 0) is 4.79 Å². The van der Waals surface area contributed by atoms with Gasteiger partial charge >= 0.3 is 0 Å². The van der Waals surface area contributed by atoms with Crippen LogP contribution >= 0.6 is 0 Å². The summed E-state index contributed by atoms with van der Waals surface area (Å²) >= 11 is 0. The highest BCUT2D eigenvalue weighted by molar-refractivity contribution is 5.83. The molecule has 3 nitrogen and oxygen atoms in total. The Morgan fingerprint density at radius 1 is 1.26 bits per heavy atom. The number of hydrogen-bond donors (Lipinski definition) is 2. The van der Waals surface area contributed by atoms with Crippen molar-refractivity contribution < 1.29 is 4.79 Å². The van der Waals surface area contributed by atoms with Crippen LogP contribution in [-0.4, -0.2) is 18.0 Å². The maximum absolute atomic E-state index is 12.2. The van der Waals surface area contributed by atoms with Gasteiger partial charge in [0.1, 0.15) is 0 Å². The van der Waals surface area contributed by atoms with Gasteiger partial charge in [-0.25, -0.2) is 0 Å². The van der Waals surface area contributed by atoms with E-state index in [1.807, 2.05) is 18.2 Å². The summed E-state index contributed by atoms with van der Waals surface area (Å²) in [4.78, 5) is 12.2. The van der Waals surface area contributed by atoms with Crippen LogP contribution in [0.15, 0.2) is 30.3 Å². The number of amides is 1. The second kappa shape index (κ2) is 4.34. The fourth-order valence-corrected chi connectivity index (χ4v) is 3.04. The van der Waals surface area contributed by atoms with Gasteiger partial charge in [0, 0.05) is 23.4 Å². The minimum atomic E-state index is 0.0345. The molecule has 2 aliphatic carbocycles. The first-order valence-electron chi connectivity index (χ1n) is 7.11. The number of hydrogen-bond acceptors (Lipinski definition) is 2. The molecule has 19 heavy (non-hydrogen) atoms. The zero-order valence-electron chi connectivity index (χ0n) is 11.6. The first-order valence-corrected chi connectivity index (χ1v) is 7.11. The lowest BCUT2D eigenvalue weighted by atomic mass is 9.63. The summed E-state index contributed by atoms with van der Waals surface area (Å²) in [6, 6.07) is 10.8. The summed E-state index contributed by atoms with van der Waals surface area (Å²) in [7, 11) is 0. The molecule has 4 unspecified atom stereocenters. The minimum absolute atomic E-state index is 0.0345. The van der Waals surface area contributed by atoms with E-state index in [1.54, 1.807) is 0 Å². The summed E-state index contributed by atoms with van der Waals surface area (Å²) in [6.45, 7) is 4.27. The Bertz CT molecular complexity index is 483. The van der Waals surface area contributed by atoms with Crippen molar-refractivity contribution in [3.63, 3.8) is 0 Å². The van der Waals surface area contributed by atoms with E-state index in [2.05, 4.69) is 31.3 Å². The minimum Gasteiger partial charge on any atom is -0.352 e. The molecule has 2 saturated carbocycles. The van der Waals surface area contributed by atoms with Crippen LogP contribution < -0.4 is 11.1 Å². The van der Waals surface area contributed by atoms with Crippen molar-refractivity contribution in [2.75, 3.05) is 0 Å². The first-order chi connectivity index (χ1) is 9.00. The summed E-state index contributed by atoms with van der Waals surface area (Å²) < 4.78 is 0. The lowest BCUT2D eigenvalue weighted by Crippen LogP contribution is -2.64. The summed E-state index contributed by atoms with van der Waals surface area (Å²) in [5.41, 5.74) is 7.30. The second-order valence-electron chi connectivity index (χ2n) is 6.58. The number of rotatable bonds is 3. The zero-order valence-corrected chi connectivity index (χ0v) is 11.6. The largest absolute Gasteiger partial charge is 0.352 e. The molecule has 1 aromatic rings. The van der Waals surface area contributed by atoms with Crippen molar-refractivity contribution in [2.45, 2.75) is 44.7 Å². The first kappa shape index (κ1) is 12.7. The standard InChI is InChI=1S/C16H22N2O/c1-16(2)13(17)9-14(16)18-15(19)12-8-11(12)10-6-4-3-5-7-10/h3-7,11-14H,8-9,17H2,1-2H3,(H,18,19). The Morgan fingerprint density at radius 3 is 2.53 bits per heavy atom. The topological polar surface area (TPSA) is 55.1 Å². The predicted octanol–water partition coefficient (Wildman–Crippen LogP) is 2.03. The SMILES string of the molecule is CC1(C)C(N)CC1NC(=O)C1CC1c1ccccc1. The van der Waals surface area contributed by atoms with E-state index in [4.69, 9.17) is 5.73 Å². The van der Waals surface area contributed by atoms with Crippen LogP contribution in [0.5, 0.6) is 0 Å². The molecule has 0 heterocycles. The molecule has 0 bridgehead atoms. The molecule has 4 atom stereocenters. The lowest BCUT2D eigenvalue weighted by Gasteiger charge is -2.50. The third-order valence-electron chi connectivity index (χ3n) is 5.01. The van der Waals surface area contributed by atoms with Crippen LogP contribution in [0.4, 0.5) is 0 Å². The van der Waals surface area contributed by atoms with Gasteiger partial charge < -0.3 is 11.1 Å². The van der Waals surface area contributed by atoms with Gasteiger partial charge in [0.2, 0.25) is 5.91 Å². The van der Waals surface area contributed by atoms with Gasteiger partial charge in [-0.3, -0.25) is 4.79 Å². The van der Waals surface area contributed by atoms with Crippen LogP contribution in [0.2, 0.25) is 0 Å². The van der Waals surface area contributed by atoms with Gasteiger partial charge in [0.25, 0.3) is 0 Å². The normalized spacial score (nSPS) is 35.3. The molecule has 3 rings (SSSR count). The van der Waals surface area contributed by atoms with Crippen molar-refractivity contribution in [3.05, 3.63) is 35.9 Å². The summed E-state index contributed by atoms with van der Waals surface area (Å²) in [5.74, 6) is 0.784. The van der Waals surface area contributed by atoms with Gasteiger partial charge in [0.05, 0.1) is 0 Å². The monoisotopic (exact) mass is 258 g/mol. The number of benzene rings is 1. The van der Waals surface area contributed by atoms with Gasteiger partial charge in [-0.15, -0.1) is 0 Å². The average molecular weight is 258 g/mol. The fourth-order valence-electron chi connectivity index (χ4n) is 3.04. The third kappa shape index (κ3) is 2.16. The molecule has 1 aromatic carbocycles. The number of carbonyl (C=O) groups excluding carboxylic acids is 1. The molecule has 0 spiro atoms. The molecule has 2 aliphatic rings. The number of nitrogens with one attached hydrogen (secondary N) is 1. The van der Waals surface area contributed by atoms with Crippen LogP contribution in [0.25, 0.3) is 0 Å². The van der Waals surface area contributed by atoms with E-state index in [-0.39, 0.29) is 29.3 Å². The van der Waals surface area contributed by atoms with Crippen LogP contribution in [0, 0.1) is 11.3 Å². The van der Waals surface area contributed by atoms with Crippen molar-refractivity contribution in [1.29, 1.82) is 0 Å². The molecule has 2 fully saturated rings. The van der Waals surface area contributed by atoms with Crippen molar-refractivity contribution in [3.8, 4) is 0 Å². The molecular weight excluding hydrogens is 236 g/mol. The molecule has 3 heteroatoms. The maximum atomic E-state index is 12.2. The van der Waals surface area contributed by atoms with Crippen LogP contribution in [0.1, 0.15) is 38.2 Å². The van der Waals surface area contributed by atoms with Crippen molar-refractivity contribution >= 4 is 5.91 Å².